The van der Waals surface area contributed by atoms with E-state index in [2.05, 4.69) is 36.4 Å². The van der Waals surface area contributed by atoms with Crippen LogP contribution in [0.15, 0.2) is 78.9 Å². The van der Waals surface area contributed by atoms with Gasteiger partial charge in [0, 0.05) is 20.9 Å². The Morgan fingerprint density at radius 2 is 1.80 bits per heavy atom. The predicted octanol–water partition coefficient (Wildman–Crippen LogP) is 8.95. The number of hydrogen-bond donors (Lipinski definition) is 2. The predicted molar refractivity (Wildman–Crippen MR) is 169 cm³/mol. The summed E-state index contributed by atoms with van der Waals surface area (Å²) in [7, 11) is 0. The van der Waals surface area contributed by atoms with Gasteiger partial charge in [-0.3, -0.25) is 4.79 Å². The lowest BCUT2D eigenvalue weighted by Gasteiger charge is -2.25. The number of fused-ring (bicyclic) bond motifs is 1. The van der Waals surface area contributed by atoms with E-state index in [0.29, 0.717) is 5.02 Å². The molecule has 1 heterocycles. The number of rotatable bonds is 12. The van der Waals surface area contributed by atoms with Crippen LogP contribution < -0.4 is 0 Å². The van der Waals surface area contributed by atoms with Gasteiger partial charge in [0.25, 0.3) is 0 Å². The third-order valence-corrected chi connectivity index (χ3v) is 8.93. The lowest BCUT2D eigenvalue weighted by Crippen LogP contribution is -2.18. The second-order valence-corrected chi connectivity index (χ2v) is 12.5. The van der Waals surface area contributed by atoms with Gasteiger partial charge in [0.15, 0.2) is 0 Å². The molecule has 3 aromatic carbocycles. The second-order valence-electron chi connectivity index (χ2n) is 10.6. The molecule has 0 amide bonds. The Bertz CT molecular complexity index is 1490. The van der Waals surface area contributed by atoms with Crippen molar-refractivity contribution in [2.45, 2.75) is 62.6 Å². The van der Waals surface area contributed by atoms with E-state index in [9.17, 15) is 15.0 Å². The van der Waals surface area contributed by atoms with Gasteiger partial charge in [0.05, 0.1) is 23.2 Å². The molecule has 1 unspecified atom stereocenters. The normalized spacial score (nSPS) is 13.5. The van der Waals surface area contributed by atoms with Crippen molar-refractivity contribution in [3.63, 3.8) is 0 Å². The summed E-state index contributed by atoms with van der Waals surface area (Å²) in [5, 5.41) is 22.0. The molecule has 0 saturated carbocycles. The first-order valence-corrected chi connectivity index (χ1v) is 15.0. The minimum Gasteiger partial charge on any atom is -0.481 e. The molecule has 0 aliphatic rings. The monoisotopic (exact) mass is 573 g/mol. The molecule has 0 aliphatic heterocycles. The van der Waals surface area contributed by atoms with Crippen LogP contribution in [0.2, 0.25) is 5.02 Å². The number of aliphatic hydroxyl groups is 1. The summed E-state index contributed by atoms with van der Waals surface area (Å²) in [6.07, 6.45) is 6.58. The highest BCUT2D eigenvalue weighted by atomic mass is 35.5. The van der Waals surface area contributed by atoms with E-state index in [1.54, 1.807) is 11.8 Å². The Labute approximate surface area is 246 Å². The summed E-state index contributed by atoms with van der Waals surface area (Å²) >= 11 is 7.89. The molecular formula is C34H36ClNO3S. The van der Waals surface area contributed by atoms with Crippen LogP contribution >= 0.6 is 23.4 Å². The average molecular weight is 574 g/mol. The van der Waals surface area contributed by atoms with Gasteiger partial charge in [0.1, 0.15) is 0 Å². The number of carboxylic acid groups (broad SMARTS) is 1. The highest BCUT2D eigenvalue weighted by Crippen LogP contribution is 2.39. The minimum absolute atomic E-state index is 0.0137. The van der Waals surface area contributed by atoms with Crippen molar-refractivity contribution in [2.24, 2.45) is 0 Å². The number of aromatic nitrogens is 1. The highest BCUT2D eigenvalue weighted by Gasteiger charge is 2.23. The molecule has 0 fully saturated rings. The molecule has 0 aliphatic carbocycles. The van der Waals surface area contributed by atoms with E-state index in [0.717, 1.165) is 58.1 Å². The zero-order chi connectivity index (χ0) is 28.7. The van der Waals surface area contributed by atoms with Gasteiger partial charge in [-0.1, -0.05) is 85.3 Å². The number of thioether (sulfide) groups is 1. The second kappa shape index (κ2) is 13.5. The summed E-state index contributed by atoms with van der Waals surface area (Å²) < 4.78 is 0. The maximum absolute atomic E-state index is 11.5. The molecule has 0 bridgehead atoms. The molecule has 0 saturated heterocycles. The molecule has 1 aromatic heterocycles. The van der Waals surface area contributed by atoms with E-state index < -0.39 is 11.6 Å². The smallest absolute Gasteiger partial charge is 0.304 e. The first-order valence-electron chi connectivity index (χ1n) is 13.6. The summed E-state index contributed by atoms with van der Waals surface area (Å²) in [5.41, 5.74) is 5.04. The van der Waals surface area contributed by atoms with Crippen LogP contribution in [-0.4, -0.2) is 26.4 Å². The fourth-order valence-electron chi connectivity index (χ4n) is 4.89. The molecule has 40 heavy (non-hydrogen) atoms. The molecular weight excluding hydrogens is 538 g/mol. The van der Waals surface area contributed by atoms with Crippen LogP contribution in [0.1, 0.15) is 73.2 Å². The lowest BCUT2D eigenvalue weighted by molar-refractivity contribution is -0.137. The number of halogens is 1. The van der Waals surface area contributed by atoms with E-state index in [1.165, 1.54) is 0 Å². The topological polar surface area (TPSA) is 70.4 Å². The molecule has 2 atom stereocenters. The number of carbonyl (C=O) groups is 1. The Kier molecular flexibility index (Phi) is 10.1. The van der Waals surface area contributed by atoms with Crippen LogP contribution in [0.3, 0.4) is 0 Å². The number of hydrogen-bond acceptors (Lipinski definition) is 4. The molecule has 0 spiro atoms. The number of benzene rings is 3. The Morgan fingerprint density at radius 3 is 2.55 bits per heavy atom. The lowest BCUT2D eigenvalue weighted by atomic mass is 9.90. The van der Waals surface area contributed by atoms with Crippen molar-refractivity contribution >= 4 is 52.4 Å². The van der Waals surface area contributed by atoms with E-state index in [4.69, 9.17) is 16.6 Å². The SMILES string of the molecule is CCC(CC(=O)O)S[C@H](CCc1ccccc1C(C)(C)O)c1cccc(/C=C/c2ccc3ccc(Cl)cc3n2)c1. The molecule has 2 N–H and O–H groups in total. The molecule has 4 rings (SSSR count). The van der Waals surface area contributed by atoms with Gasteiger partial charge >= 0.3 is 5.97 Å². The van der Waals surface area contributed by atoms with Crippen molar-refractivity contribution in [1.29, 1.82) is 0 Å². The third-order valence-electron chi connectivity index (χ3n) is 6.97. The standard InChI is InChI=1S/C34H36ClNO3S/c1-4-29(22-33(37)38)40-32(19-15-24-9-5-6-11-30(24)34(2,3)39)26-10-7-8-23(20-26)12-17-28-18-14-25-13-16-27(35)21-31(25)36-28/h5-14,16-18,20-21,29,32,39H,4,15,19,22H2,1-3H3,(H,37,38)/b17-12+/t29?,32-/m1/s1. The van der Waals surface area contributed by atoms with E-state index >= 15 is 0 Å². The van der Waals surface area contributed by atoms with Crippen LogP contribution in [0, 0.1) is 0 Å². The van der Waals surface area contributed by atoms with Crippen molar-refractivity contribution < 1.29 is 15.0 Å². The molecule has 6 heteroatoms. The van der Waals surface area contributed by atoms with Gasteiger partial charge in [0.2, 0.25) is 0 Å². The van der Waals surface area contributed by atoms with Crippen molar-refractivity contribution in [2.75, 3.05) is 0 Å². The molecule has 0 radical (unpaired) electrons. The van der Waals surface area contributed by atoms with Crippen LogP contribution in [0.25, 0.3) is 23.1 Å². The summed E-state index contributed by atoms with van der Waals surface area (Å²) in [6, 6.07) is 26.2. The molecule has 208 valence electrons. The Morgan fingerprint density at radius 1 is 1.02 bits per heavy atom. The van der Waals surface area contributed by atoms with Crippen LogP contribution in [0.5, 0.6) is 0 Å². The van der Waals surface area contributed by atoms with Gasteiger partial charge < -0.3 is 10.2 Å². The summed E-state index contributed by atoms with van der Waals surface area (Å²) in [6.45, 7) is 5.67. The van der Waals surface area contributed by atoms with Crippen LogP contribution in [0.4, 0.5) is 0 Å². The maximum Gasteiger partial charge on any atom is 0.304 e. The third kappa shape index (κ3) is 8.20. The molecule has 4 aromatic rings. The summed E-state index contributed by atoms with van der Waals surface area (Å²) in [5.74, 6) is -0.772. The fourth-order valence-corrected chi connectivity index (χ4v) is 6.51. The largest absolute Gasteiger partial charge is 0.481 e. The zero-order valence-electron chi connectivity index (χ0n) is 23.2. The fraction of sp³-hybridized carbons (Fsp3) is 0.294. The first kappa shape index (κ1) is 29.9. The molecule has 4 nitrogen and oxygen atoms in total. The Hall–Kier alpha value is -3.12. The van der Waals surface area contributed by atoms with E-state index in [-0.39, 0.29) is 16.9 Å². The average Bonchev–Trinajstić information content (AvgIpc) is 2.92. The number of aliphatic carboxylic acids is 1. The van der Waals surface area contributed by atoms with Gasteiger partial charge in [-0.2, -0.15) is 0 Å². The highest BCUT2D eigenvalue weighted by molar-refractivity contribution is 8.00. The van der Waals surface area contributed by atoms with E-state index in [1.807, 2.05) is 75.4 Å². The number of carboxylic acids is 1. The van der Waals surface area contributed by atoms with Crippen molar-refractivity contribution in [1.82, 2.24) is 4.98 Å². The minimum atomic E-state index is -0.929. The Balaban J connectivity index is 1.59. The summed E-state index contributed by atoms with van der Waals surface area (Å²) in [4.78, 5) is 16.3. The van der Waals surface area contributed by atoms with Gasteiger partial charge in [-0.25, -0.2) is 4.98 Å². The number of nitrogens with zero attached hydrogens (tertiary/aromatic N) is 1. The first-order chi connectivity index (χ1) is 19.1. The maximum atomic E-state index is 11.5. The van der Waals surface area contributed by atoms with Crippen molar-refractivity contribution in [3.8, 4) is 0 Å². The zero-order valence-corrected chi connectivity index (χ0v) is 24.8. The number of pyridine rings is 1. The van der Waals surface area contributed by atoms with Gasteiger partial charge in [-0.15, -0.1) is 11.8 Å². The van der Waals surface area contributed by atoms with Crippen LogP contribution in [-0.2, 0) is 16.8 Å². The number of aryl methyl sites for hydroxylation is 1. The van der Waals surface area contributed by atoms with Crippen molar-refractivity contribution in [3.05, 3.63) is 112 Å². The van der Waals surface area contributed by atoms with Gasteiger partial charge in [-0.05, 0) is 79.6 Å². The quantitative estimate of drug-likeness (QED) is 0.177.